The molecule has 2 rings (SSSR count). The predicted molar refractivity (Wildman–Crippen MR) is 69.7 cm³/mol. The fourth-order valence-corrected chi connectivity index (χ4v) is 2.03. The van der Waals surface area contributed by atoms with Crippen LogP contribution in [-0.2, 0) is 7.05 Å². The summed E-state index contributed by atoms with van der Waals surface area (Å²) in [4.78, 5) is 4.18. The summed E-state index contributed by atoms with van der Waals surface area (Å²) in [6.45, 7) is 4.01. The minimum atomic E-state index is -0.763. The molecule has 96 valence electrons. The summed E-state index contributed by atoms with van der Waals surface area (Å²) in [6, 6.07) is 3.87. The van der Waals surface area contributed by atoms with Gasteiger partial charge in [0.2, 0.25) is 0 Å². The molecule has 0 bridgehead atoms. The molecule has 1 aromatic carbocycles. The maximum Gasteiger partial charge on any atom is 0.128 e. The monoisotopic (exact) mass is 246 g/mol. The van der Waals surface area contributed by atoms with E-state index < -0.39 is 6.10 Å². The number of aromatic nitrogens is 2. The third-order valence-electron chi connectivity index (χ3n) is 3.21. The Morgan fingerprint density at radius 3 is 2.61 bits per heavy atom. The molecule has 4 heteroatoms. The summed E-state index contributed by atoms with van der Waals surface area (Å²) >= 11 is 0. The number of hydrogen-bond acceptors (Lipinski definition) is 3. The maximum atomic E-state index is 10.4. The first-order chi connectivity index (χ1) is 8.54. The number of aliphatic hydroxyl groups excluding tert-OH is 1. The Hall–Kier alpha value is -1.81. The first-order valence-electron chi connectivity index (χ1n) is 5.84. The zero-order valence-corrected chi connectivity index (χ0v) is 11.1. The lowest BCUT2D eigenvalue weighted by molar-refractivity contribution is 0.210. The van der Waals surface area contributed by atoms with Gasteiger partial charge in [-0.25, -0.2) is 4.98 Å². The van der Waals surface area contributed by atoms with Crippen molar-refractivity contribution < 1.29 is 9.84 Å². The summed E-state index contributed by atoms with van der Waals surface area (Å²) in [5, 5.41) is 10.4. The highest BCUT2D eigenvalue weighted by atomic mass is 16.5. The van der Waals surface area contributed by atoms with Crippen LogP contribution in [0.3, 0.4) is 0 Å². The van der Waals surface area contributed by atoms with E-state index in [2.05, 4.69) is 4.98 Å². The number of aliphatic hydroxyl groups is 1. The molecular formula is C14H18N2O2. The standard InChI is InChI=1S/C14H18N2O2/c1-9-5-6-11(14(18-4)10(9)2)13(17)12-7-16(3)8-15-12/h5-8,13,17H,1-4H3. The molecule has 0 aliphatic rings. The van der Waals surface area contributed by atoms with Gasteiger partial charge in [0, 0.05) is 18.8 Å². The molecule has 0 saturated heterocycles. The molecule has 1 N–H and O–H groups in total. The van der Waals surface area contributed by atoms with E-state index in [4.69, 9.17) is 4.74 Å². The highest BCUT2D eigenvalue weighted by Crippen LogP contribution is 2.33. The van der Waals surface area contributed by atoms with Crippen molar-refractivity contribution in [2.75, 3.05) is 7.11 Å². The molecule has 0 saturated carbocycles. The van der Waals surface area contributed by atoms with E-state index in [0.717, 1.165) is 22.4 Å². The van der Waals surface area contributed by atoms with E-state index in [9.17, 15) is 5.11 Å². The Morgan fingerprint density at radius 2 is 2.06 bits per heavy atom. The van der Waals surface area contributed by atoms with E-state index in [1.807, 2.05) is 37.6 Å². The second-order valence-corrected chi connectivity index (χ2v) is 4.50. The predicted octanol–water partition coefficient (Wildman–Crippen LogP) is 2.13. The Balaban J connectivity index is 2.48. The number of nitrogens with zero attached hydrogens (tertiary/aromatic N) is 2. The number of hydrogen-bond donors (Lipinski definition) is 1. The van der Waals surface area contributed by atoms with E-state index >= 15 is 0 Å². The van der Waals surface area contributed by atoms with Gasteiger partial charge < -0.3 is 14.4 Å². The van der Waals surface area contributed by atoms with Crippen molar-refractivity contribution in [2.45, 2.75) is 20.0 Å². The van der Waals surface area contributed by atoms with Crippen molar-refractivity contribution in [2.24, 2.45) is 7.05 Å². The van der Waals surface area contributed by atoms with Crippen LogP contribution in [-0.4, -0.2) is 21.8 Å². The average Bonchev–Trinajstić information content (AvgIpc) is 2.78. The number of ether oxygens (including phenoxy) is 1. The van der Waals surface area contributed by atoms with E-state index in [0.29, 0.717) is 5.69 Å². The highest BCUT2D eigenvalue weighted by molar-refractivity contribution is 5.47. The lowest BCUT2D eigenvalue weighted by Crippen LogP contribution is -2.05. The van der Waals surface area contributed by atoms with E-state index in [-0.39, 0.29) is 0 Å². The fraction of sp³-hybridized carbons (Fsp3) is 0.357. The minimum Gasteiger partial charge on any atom is -0.496 e. The van der Waals surface area contributed by atoms with Crippen molar-refractivity contribution in [3.8, 4) is 5.75 Å². The molecule has 0 fully saturated rings. The topological polar surface area (TPSA) is 47.3 Å². The van der Waals surface area contributed by atoms with Crippen LogP contribution in [0.4, 0.5) is 0 Å². The van der Waals surface area contributed by atoms with Crippen LogP contribution < -0.4 is 4.74 Å². The molecule has 0 aliphatic heterocycles. The van der Waals surface area contributed by atoms with Crippen molar-refractivity contribution in [3.63, 3.8) is 0 Å². The van der Waals surface area contributed by atoms with Crippen LogP contribution in [0.25, 0.3) is 0 Å². The fourth-order valence-electron chi connectivity index (χ4n) is 2.03. The van der Waals surface area contributed by atoms with Gasteiger partial charge in [0.15, 0.2) is 0 Å². The van der Waals surface area contributed by atoms with E-state index in [1.165, 1.54) is 0 Å². The van der Waals surface area contributed by atoms with Gasteiger partial charge in [0.25, 0.3) is 0 Å². The SMILES string of the molecule is COc1c(C(O)c2cn(C)cn2)ccc(C)c1C. The molecule has 1 heterocycles. The van der Waals surface area contributed by atoms with Crippen LogP contribution >= 0.6 is 0 Å². The largest absolute Gasteiger partial charge is 0.496 e. The van der Waals surface area contributed by atoms with Crippen LogP contribution in [0.1, 0.15) is 28.5 Å². The molecule has 2 aromatic rings. The van der Waals surface area contributed by atoms with Crippen molar-refractivity contribution in [3.05, 3.63) is 47.0 Å². The third kappa shape index (κ3) is 2.11. The number of aryl methyl sites for hydroxylation is 2. The molecule has 1 unspecified atom stereocenters. The maximum absolute atomic E-state index is 10.4. The number of benzene rings is 1. The first-order valence-corrected chi connectivity index (χ1v) is 5.84. The normalized spacial score (nSPS) is 12.5. The molecule has 0 amide bonds. The third-order valence-corrected chi connectivity index (χ3v) is 3.21. The lowest BCUT2D eigenvalue weighted by Gasteiger charge is -2.16. The lowest BCUT2D eigenvalue weighted by atomic mass is 9.99. The van der Waals surface area contributed by atoms with Gasteiger partial charge >= 0.3 is 0 Å². The van der Waals surface area contributed by atoms with Gasteiger partial charge in [-0.15, -0.1) is 0 Å². The molecule has 1 atom stereocenters. The van der Waals surface area contributed by atoms with Gasteiger partial charge in [-0.2, -0.15) is 0 Å². The van der Waals surface area contributed by atoms with Crippen LogP contribution in [0.5, 0.6) is 5.75 Å². The Morgan fingerprint density at radius 1 is 1.33 bits per heavy atom. The van der Waals surface area contributed by atoms with Gasteiger partial charge in [-0.05, 0) is 25.0 Å². The molecule has 0 spiro atoms. The summed E-state index contributed by atoms with van der Waals surface area (Å²) in [5.74, 6) is 0.730. The molecule has 4 nitrogen and oxygen atoms in total. The van der Waals surface area contributed by atoms with Gasteiger partial charge in [0.05, 0.1) is 19.1 Å². The molecule has 1 aromatic heterocycles. The highest BCUT2D eigenvalue weighted by Gasteiger charge is 2.19. The first kappa shape index (κ1) is 12.6. The van der Waals surface area contributed by atoms with Gasteiger partial charge in [0.1, 0.15) is 11.9 Å². The zero-order valence-electron chi connectivity index (χ0n) is 11.1. The molecule has 0 aliphatic carbocycles. The number of methoxy groups -OCH3 is 1. The second kappa shape index (κ2) is 4.82. The van der Waals surface area contributed by atoms with Crippen molar-refractivity contribution in [1.29, 1.82) is 0 Å². The summed E-state index contributed by atoms with van der Waals surface area (Å²) in [6.07, 6.45) is 2.71. The minimum absolute atomic E-state index is 0.624. The second-order valence-electron chi connectivity index (χ2n) is 4.50. The van der Waals surface area contributed by atoms with Gasteiger partial charge in [-0.3, -0.25) is 0 Å². The Kier molecular flexibility index (Phi) is 3.39. The molecule has 0 radical (unpaired) electrons. The summed E-state index contributed by atoms with van der Waals surface area (Å²) < 4.78 is 7.22. The zero-order chi connectivity index (χ0) is 13.3. The Bertz CT molecular complexity index is 561. The molecular weight excluding hydrogens is 228 g/mol. The summed E-state index contributed by atoms with van der Waals surface area (Å²) in [5.41, 5.74) is 3.56. The van der Waals surface area contributed by atoms with Crippen LogP contribution in [0.15, 0.2) is 24.7 Å². The summed E-state index contributed by atoms with van der Waals surface area (Å²) in [7, 11) is 3.50. The quantitative estimate of drug-likeness (QED) is 0.902. The van der Waals surface area contributed by atoms with Crippen LogP contribution in [0.2, 0.25) is 0 Å². The Labute approximate surface area is 107 Å². The smallest absolute Gasteiger partial charge is 0.128 e. The number of imidazole rings is 1. The van der Waals surface area contributed by atoms with Crippen molar-refractivity contribution >= 4 is 0 Å². The van der Waals surface area contributed by atoms with Crippen LogP contribution in [0, 0.1) is 13.8 Å². The van der Waals surface area contributed by atoms with E-state index in [1.54, 1.807) is 19.6 Å². The van der Waals surface area contributed by atoms with Crippen molar-refractivity contribution in [1.82, 2.24) is 9.55 Å². The van der Waals surface area contributed by atoms with Gasteiger partial charge in [-0.1, -0.05) is 12.1 Å². The number of rotatable bonds is 3. The average molecular weight is 246 g/mol. The molecule has 18 heavy (non-hydrogen) atoms.